The molecule has 1 aliphatic heterocycles. The highest BCUT2D eigenvalue weighted by molar-refractivity contribution is 7.85. The van der Waals surface area contributed by atoms with Crippen LogP contribution in [0.2, 0.25) is 0 Å². The Balaban J connectivity index is 2.42. The molecular weight excluding hydrogens is 282 g/mol. The summed E-state index contributed by atoms with van der Waals surface area (Å²) >= 11 is 0. The number of benzene rings is 2. The van der Waals surface area contributed by atoms with Crippen LogP contribution in [0, 0.1) is 0 Å². The second-order valence-electron chi connectivity index (χ2n) is 4.17. The first-order valence-corrected chi connectivity index (χ1v) is 7.04. The largest absolute Gasteiger partial charge is 0.503 e. The van der Waals surface area contributed by atoms with Gasteiger partial charge in [-0.05, 0) is 28.4 Å². The number of hydrogen-bond acceptors (Lipinski definition) is 5. The van der Waals surface area contributed by atoms with Crippen LogP contribution in [-0.4, -0.2) is 18.1 Å². The summed E-state index contributed by atoms with van der Waals surface area (Å²) in [6.45, 7) is 0. The van der Waals surface area contributed by atoms with Gasteiger partial charge in [0, 0.05) is 6.07 Å². The summed E-state index contributed by atoms with van der Waals surface area (Å²) in [5.41, 5.74) is -0.147. The van der Waals surface area contributed by atoms with Gasteiger partial charge >= 0.3 is 10.3 Å². The van der Waals surface area contributed by atoms with E-state index >= 15 is 0 Å². The van der Waals surface area contributed by atoms with E-state index in [-0.39, 0.29) is 11.4 Å². The lowest BCUT2D eigenvalue weighted by molar-refractivity contribution is 0.354. The molecule has 0 fully saturated rings. The zero-order valence-electron chi connectivity index (χ0n) is 10.1. The Morgan fingerprint density at radius 1 is 0.900 bits per heavy atom. The lowest BCUT2D eigenvalue weighted by atomic mass is 10.3. The predicted octanol–water partition coefficient (Wildman–Crippen LogP) is 0.285. The molecule has 0 atom stereocenters. The maximum absolute atomic E-state index is 11.8. The Bertz CT molecular complexity index is 873. The van der Waals surface area contributed by atoms with E-state index in [2.05, 4.69) is 10.2 Å². The summed E-state index contributed by atoms with van der Waals surface area (Å²) in [7, 11) is -4.76. The molecule has 0 unspecified atom stereocenters. The molecule has 2 aromatic carbocycles. The number of aromatic hydroxyl groups is 1. The van der Waals surface area contributed by atoms with E-state index in [0.717, 1.165) is 0 Å². The lowest BCUT2D eigenvalue weighted by Gasteiger charge is -2.18. The van der Waals surface area contributed by atoms with Gasteiger partial charge in [0.05, 0.1) is 4.11 Å². The van der Waals surface area contributed by atoms with Crippen molar-refractivity contribution in [3.05, 3.63) is 59.2 Å². The molecule has 0 amide bonds. The third-order valence-corrected chi connectivity index (χ3v) is 3.89. The first kappa shape index (κ1) is 12.7. The van der Waals surface area contributed by atoms with Gasteiger partial charge < -0.3 is 5.11 Å². The molecule has 8 heteroatoms. The van der Waals surface area contributed by atoms with Crippen molar-refractivity contribution in [2.24, 2.45) is 10.2 Å². The van der Waals surface area contributed by atoms with Gasteiger partial charge in [-0.2, -0.15) is 0 Å². The van der Waals surface area contributed by atoms with Crippen molar-refractivity contribution in [3.63, 3.8) is 0 Å². The van der Waals surface area contributed by atoms with Gasteiger partial charge in [0.25, 0.3) is 0 Å². The molecule has 3 rings (SSSR count). The number of rotatable bonds is 2. The number of fused-ring (bicyclic) bond motifs is 1. The zero-order chi connectivity index (χ0) is 14.4. The molecule has 2 aromatic rings. The Morgan fingerprint density at radius 2 is 1.40 bits per heavy atom. The summed E-state index contributed by atoms with van der Waals surface area (Å²) in [5, 5.41) is 18.4. The van der Waals surface area contributed by atoms with Gasteiger partial charge in [-0.25, -0.2) is 4.55 Å². The Kier molecular flexibility index (Phi) is 2.61. The minimum Gasteiger partial charge on any atom is -0.503 e. The van der Waals surface area contributed by atoms with Gasteiger partial charge in [-0.15, -0.1) is 8.42 Å². The Morgan fingerprint density at radius 3 is 1.90 bits per heavy atom. The third-order valence-electron chi connectivity index (χ3n) is 2.89. The van der Waals surface area contributed by atoms with E-state index in [9.17, 15) is 18.1 Å². The molecule has 0 aliphatic carbocycles. The number of para-hydroxylation sites is 1. The average molecular weight is 292 g/mol. The van der Waals surface area contributed by atoms with Gasteiger partial charge in [0.15, 0.2) is 16.5 Å². The van der Waals surface area contributed by atoms with Crippen LogP contribution >= 0.6 is 0 Å². The van der Waals surface area contributed by atoms with Gasteiger partial charge in [0.2, 0.25) is 5.69 Å². The second-order valence-corrected chi connectivity index (χ2v) is 5.57. The molecule has 7 nitrogen and oxygen atoms in total. The molecule has 2 N–H and O–H groups in total. The van der Waals surface area contributed by atoms with Crippen molar-refractivity contribution in [2.75, 3.05) is 0 Å². The first-order chi connectivity index (χ1) is 9.44. The van der Waals surface area contributed by atoms with Gasteiger partial charge in [-0.3, -0.25) is 0 Å². The topological polar surface area (TPSA) is 99.3 Å². The predicted molar refractivity (Wildman–Crippen MR) is 70.2 cm³/mol. The molecule has 0 spiro atoms. The fraction of sp³-hybridized carbons (Fsp3) is 0. The van der Waals surface area contributed by atoms with Crippen LogP contribution in [0.15, 0.2) is 58.7 Å². The minimum absolute atomic E-state index is 0.147. The monoisotopic (exact) mass is 292 g/mol. The number of nitrogens with zero attached hydrogens (tertiary/aromatic N) is 3. The van der Waals surface area contributed by atoms with E-state index in [4.69, 9.17) is 0 Å². The Labute approximate surface area is 114 Å². The summed E-state index contributed by atoms with van der Waals surface area (Å²) in [6.07, 6.45) is 0. The van der Waals surface area contributed by atoms with Crippen LogP contribution in [0.1, 0.15) is 0 Å². The van der Waals surface area contributed by atoms with Gasteiger partial charge in [0.1, 0.15) is 0 Å². The maximum atomic E-state index is 11.8. The van der Waals surface area contributed by atoms with Crippen LogP contribution in [0.5, 0.6) is 5.75 Å². The second kappa shape index (κ2) is 4.10. The lowest BCUT2D eigenvalue weighted by Crippen LogP contribution is -2.43. The van der Waals surface area contributed by atoms with E-state index in [0.29, 0.717) is 10.7 Å². The molecule has 0 saturated carbocycles. The fourth-order valence-corrected chi connectivity index (χ4v) is 2.78. The highest BCUT2D eigenvalue weighted by Gasteiger charge is 2.50. The fourth-order valence-electron chi connectivity index (χ4n) is 1.99. The number of phenols is 1. The number of hydrogen-bond donors (Lipinski definition) is 2. The molecule has 102 valence electrons. The van der Waals surface area contributed by atoms with E-state index in [1.165, 1.54) is 24.3 Å². The molecule has 1 aliphatic rings. The standard InChI is InChI=1S/C12H9N3O4S/c16-12-8-4-3-7-11(12)15(20(17,18)19)13-9-5-1-2-6-10(9)14-15/h1-8H,(H-,16,17,18,19)/p+1. The smallest absolute Gasteiger partial charge is 0.490 e. The highest BCUT2D eigenvalue weighted by Crippen LogP contribution is 2.36. The van der Waals surface area contributed by atoms with Crippen molar-refractivity contribution in [1.29, 1.82) is 0 Å². The average Bonchev–Trinajstić information content (AvgIpc) is 2.79. The SMILES string of the molecule is O=S(=O)(O)[N+]1(c2ccccc2O)N=c2ccccc2=N1. The molecular formula is C12H10N3O4S+. The molecule has 0 aromatic heterocycles. The normalized spacial score (nSPS) is 16.1. The van der Waals surface area contributed by atoms with Crippen LogP contribution in [0.3, 0.4) is 0 Å². The molecule has 20 heavy (non-hydrogen) atoms. The van der Waals surface area contributed by atoms with Crippen LogP contribution < -0.4 is 14.8 Å². The van der Waals surface area contributed by atoms with Crippen molar-refractivity contribution in [2.45, 2.75) is 0 Å². The summed E-state index contributed by atoms with van der Waals surface area (Å²) in [6, 6.07) is 12.2. The third kappa shape index (κ3) is 1.70. The minimum atomic E-state index is -4.76. The summed E-state index contributed by atoms with van der Waals surface area (Å²) in [4.78, 5) is 0. The Hall–Kier alpha value is -2.29. The van der Waals surface area contributed by atoms with Crippen LogP contribution in [-0.2, 0) is 10.3 Å². The summed E-state index contributed by atoms with van der Waals surface area (Å²) in [5.74, 6) is -0.328. The maximum Gasteiger partial charge on any atom is 0.490 e. The van der Waals surface area contributed by atoms with Gasteiger partial charge in [-0.1, -0.05) is 24.3 Å². The van der Waals surface area contributed by atoms with Crippen molar-refractivity contribution < 1.29 is 18.1 Å². The van der Waals surface area contributed by atoms with E-state index in [1.54, 1.807) is 24.3 Å². The highest BCUT2D eigenvalue weighted by atomic mass is 32.2. The van der Waals surface area contributed by atoms with Crippen LogP contribution in [0.25, 0.3) is 0 Å². The van der Waals surface area contributed by atoms with E-state index < -0.39 is 14.4 Å². The van der Waals surface area contributed by atoms with E-state index in [1.807, 2.05) is 0 Å². The summed E-state index contributed by atoms with van der Waals surface area (Å²) < 4.78 is 31.7. The number of quaternary nitrogens is 1. The molecule has 0 saturated heterocycles. The zero-order valence-corrected chi connectivity index (χ0v) is 10.9. The van der Waals surface area contributed by atoms with Crippen molar-refractivity contribution >= 4 is 16.0 Å². The van der Waals surface area contributed by atoms with Crippen molar-refractivity contribution in [3.8, 4) is 5.75 Å². The van der Waals surface area contributed by atoms with Crippen LogP contribution in [0.4, 0.5) is 5.69 Å². The quantitative estimate of drug-likeness (QED) is 0.613. The number of phenolic OH excluding ortho intramolecular Hbond substituents is 1. The molecule has 0 radical (unpaired) electrons. The molecule has 0 bridgehead atoms. The first-order valence-electron chi connectivity index (χ1n) is 5.65. The van der Waals surface area contributed by atoms with Crippen molar-refractivity contribution in [1.82, 2.24) is 4.11 Å². The molecule has 1 heterocycles.